The molecule has 1 aromatic heterocycles. The maximum atomic E-state index is 15.1. The number of pyridine rings is 1. The minimum absolute atomic E-state index is 0.0597. The summed E-state index contributed by atoms with van der Waals surface area (Å²) in [5, 5.41) is -0.510. The van der Waals surface area contributed by atoms with Gasteiger partial charge in [-0.15, -0.1) is 0 Å². The van der Waals surface area contributed by atoms with Gasteiger partial charge in [0.2, 0.25) is 5.95 Å². The number of hydrogen-bond acceptors (Lipinski definition) is 6. The zero-order chi connectivity index (χ0) is 25.2. The third-order valence-electron chi connectivity index (χ3n) is 7.03. The van der Waals surface area contributed by atoms with Gasteiger partial charge in [0.05, 0.1) is 12.3 Å². The number of rotatable bonds is 5. The molecule has 0 saturated carbocycles. The van der Waals surface area contributed by atoms with Gasteiger partial charge in [-0.05, 0) is 36.9 Å². The first-order valence-corrected chi connectivity index (χ1v) is 13.2. The van der Waals surface area contributed by atoms with Gasteiger partial charge in [0.25, 0.3) is 10.0 Å². The first-order valence-electron chi connectivity index (χ1n) is 11.3. The van der Waals surface area contributed by atoms with Crippen molar-refractivity contribution in [2.75, 3.05) is 42.4 Å². The molecule has 1 aromatic carbocycles. The Labute approximate surface area is 207 Å². The summed E-state index contributed by atoms with van der Waals surface area (Å²) in [7, 11) is -4.76. The lowest BCUT2D eigenvalue weighted by Gasteiger charge is -2.49. The Bertz CT molecular complexity index is 1270. The molecule has 3 saturated heterocycles. The van der Waals surface area contributed by atoms with Crippen LogP contribution in [-0.2, 0) is 14.8 Å². The molecular formula is C23H26ClF3N4O3S. The molecule has 12 heteroatoms. The summed E-state index contributed by atoms with van der Waals surface area (Å²) in [4.78, 5) is 6.24. The van der Waals surface area contributed by atoms with E-state index in [0.717, 1.165) is 44.1 Å². The molecular weight excluding hydrogens is 505 g/mol. The normalized spacial score (nSPS) is 23.6. The summed E-state index contributed by atoms with van der Waals surface area (Å²) in [6.07, 6.45) is 1.95. The highest BCUT2D eigenvalue weighted by Crippen LogP contribution is 2.44. The van der Waals surface area contributed by atoms with Gasteiger partial charge in [0, 0.05) is 31.7 Å². The number of hydrogen-bond donors (Lipinski definition) is 1. The van der Waals surface area contributed by atoms with E-state index in [-0.39, 0.29) is 11.1 Å². The fourth-order valence-corrected chi connectivity index (χ4v) is 6.73. The van der Waals surface area contributed by atoms with Crippen molar-refractivity contribution in [3.05, 3.63) is 46.9 Å². The number of ether oxygens (including phenoxy) is 1. The predicted molar refractivity (Wildman–Crippen MR) is 126 cm³/mol. The van der Waals surface area contributed by atoms with Crippen LogP contribution in [0, 0.1) is 23.0 Å². The third kappa shape index (κ3) is 4.59. The lowest BCUT2D eigenvalue weighted by Crippen LogP contribution is -2.62. The summed E-state index contributed by atoms with van der Waals surface area (Å²) in [5.41, 5.74) is -0.0706. The van der Waals surface area contributed by atoms with Crippen LogP contribution < -0.4 is 9.62 Å². The number of anilines is 2. The van der Waals surface area contributed by atoms with Gasteiger partial charge in [-0.2, -0.15) is 4.39 Å². The van der Waals surface area contributed by atoms with Gasteiger partial charge >= 0.3 is 0 Å². The molecule has 190 valence electrons. The molecule has 7 nitrogen and oxygen atoms in total. The van der Waals surface area contributed by atoms with E-state index in [9.17, 15) is 17.2 Å². The molecule has 3 aliphatic rings. The second-order valence-corrected chi connectivity index (χ2v) is 12.4. The molecule has 1 atom stereocenters. The summed E-state index contributed by atoms with van der Waals surface area (Å²) >= 11 is 6.17. The van der Waals surface area contributed by atoms with Crippen LogP contribution in [0.1, 0.15) is 26.7 Å². The van der Waals surface area contributed by atoms with E-state index in [0.29, 0.717) is 25.7 Å². The molecule has 0 unspecified atom stereocenters. The summed E-state index contributed by atoms with van der Waals surface area (Å²) in [6, 6.07) is 4.58. The Morgan fingerprint density at radius 1 is 1.20 bits per heavy atom. The van der Waals surface area contributed by atoms with Gasteiger partial charge in [0.15, 0.2) is 10.7 Å². The van der Waals surface area contributed by atoms with E-state index in [1.54, 1.807) is 4.90 Å². The highest BCUT2D eigenvalue weighted by atomic mass is 35.5. The molecule has 4 heterocycles. The van der Waals surface area contributed by atoms with Crippen molar-refractivity contribution in [1.82, 2.24) is 9.88 Å². The van der Waals surface area contributed by atoms with Gasteiger partial charge in [-0.1, -0.05) is 31.5 Å². The lowest BCUT2D eigenvalue weighted by molar-refractivity contribution is -0.0191. The van der Waals surface area contributed by atoms with Crippen LogP contribution in [0.3, 0.4) is 0 Å². The summed E-state index contributed by atoms with van der Waals surface area (Å²) in [6.45, 7) is 7.95. The topological polar surface area (TPSA) is 74.8 Å². The smallest absolute Gasteiger partial charge is 0.268 e. The van der Waals surface area contributed by atoms with Crippen molar-refractivity contribution in [2.24, 2.45) is 5.41 Å². The molecule has 2 aromatic rings. The van der Waals surface area contributed by atoms with Crippen molar-refractivity contribution in [3.63, 3.8) is 0 Å². The van der Waals surface area contributed by atoms with Crippen LogP contribution in [0.25, 0.3) is 0 Å². The van der Waals surface area contributed by atoms with Crippen LogP contribution >= 0.6 is 11.6 Å². The van der Waals surface area contributed by atoms with Gasteiger partial charge < -0.3 is 9.64 Å². The second kappa shape index (κ2) is 8.50. The Morgan fingerprint density at radius 3 is 2.60 bits per heavy atom. The number of aromatic nitrogens is 1. The quantitative estimate of drug-likeness (QED) is 0.465. The number of nitrogens with zero attached hydrogens (tertiary/aromatic N) is 3. The monoisotopic (exact) mass is 530 g/mol. The Morgan fingerprint density at radius 2 is 1.94 bits per heavy atom. The molecule has 0 radical (unpaired) electrons. The van der Waals surface area contributed by atoms with Crippen LogP contribution in [0.15, 0.2) is 29.2 Å². The zero-order valence-corrected chi connectivity index (χ0v) is 20.9. The predicted octanol–water partition coefficient (Wildman–Crippen LogP) is 4.03. The van der Waals surface area contributed by atoms with Crippen LogP contribution in [0.2, 0.25) is 5.02 Å². The van der Waals surface area contributed by atoms with E-state index >= 15 is 4.39 Å². The fourth-order valence-electron chi connectivity index (χ4n) is 5.26. The molecule has 0 aliphatic carbocycles. The SMILES string of the molecule is CC1(C)CCN([C@H]2COC3(C2)CN(c2cc(F)c(S(=O)(=O)Nc4cccc(F)n4)c(F)c2Cl)C3)C1. The number of halogens is 4. The number of sulfonamides is 1. The van der Waals surface area contributed by atoms with Crippen LogP contribution in [0.4, 0.5) is 24.7 Å². The first kappa shape index (κ1) is 24.6. The van der Waals surface area contributed by atoms with Crippen LogP contribution in [-0.4, -0.2) is 62.7 Å². The third-order valence-corrected chi connectivity index (χ3v) is 8.78. The first-order chi connectivity index (χ1) is 16.4. The summed E-state index contributed by atoms with van der Waals surface area (Å²) < 4.78 is 76.6. The summed E-state index contributed by atoms with van der Waals surface area (Å²) in [5.74, 6) is -4.09. The van der Waals surface area contributed by atoms with E-state index in [1.807, 2.05) is 4.72 Å². The van der Waals surface area contributed by atoms with Crippen molar-refractivity contribution in [2.45, 2.75) is 43.2 Å². The van der Waals surface area contributed by atoms with Crippen LogP contribution in [0.5, 0.6) is 0 Å². The Balaban J connectivity index is 1.31. The van der Waals surface area contributed by atoms with Crippen molar-refractivity contribution in [1.29, 1.82) is 0 Å². The zero-order valence-electron chi connectivity index (χ0n) is 19.3. The molecule has 3 aliphatic heterocycles. The molecule has 1 N–H and O–H groups in total. The standard InChI is InChI=1S/C23H26ClF3N4O3S/c1-22(2)6-7-30(11-22)14-9-23(34-10-14)12-31(13-23)16-8-15(25)21(20(27)19(16)24)35(32,33)29-18-5-3-4-17(26)28-18/h3-5,8,14H,6-7,9-13H2,1-2H3,(H,28,29)/t14-/m1/s1. The largest absolute Gasteiger partial charge is 0.370 e. The van der Waals surface area contributed by atoms with Gasteiger partial charge in [-0.25, -0.2) is 22.2 Å². The van der Waals surface area contributed by atoms with Crippen molar-refractivity contribution in [3.8, 4) is 0 Å². The van der Waals surface area contributed by atoms with E-state index in [1.165, 1.54) is 6.07 Å². The highest BCUT2D eigenvalue weighted by Gasteiger charge is 2.52. The number of benzene rings is 1. The average molecular weight is 531 g/mol. The molecule has 0 bridgehead atoms. The minimum atomic E-state index is -4.76. The highest BCUT2D eigenvalue weighted by molar-refractivity contribution is 7.92. The van der Waals surface area contributed by atoms with Crippen molar-refractivity contribution < 1.29 is 26.3 Å². The van der Waals surface area contributed by atoms with E-state index in [2.05, 4.69) is 23.7 Å². The Kier molecular flexibility index (Phi) is 5.98. The number of likely N-dealkylation sites (tertiary alicyclic amines) is 1. The second-order valence-electron chi connectivity index (χ2n) is 10.4. The Hall–Kier alpha value is -2.08. The molecule has 3 fully saturated rings. The van der Waals surface area contributed by atoms with Crippen molar-refractivity contribution >= 4 is 33.1 Å². The maximum Gasteiger partial charge on any atom is 0.268 e. The van der Waals surface area contributed by atoms with E-state index < -0.39 is 48.9 Å². The minimum Gasteiger partial charge on any atom is -0.370 e. The average Bonchev–Trinajstić information content (AvgIpc) is 3.33. The molecule has 35 heavy (non-hydrogen) atoms. The lowest BCUT2D eigenvalue weighted by atomic mass is 9.88. The molecule has 1 spiro atoms. The van der Waals surface area contributed by atoms with E-state index in [4.69, 9.17) is 16.3 Å². The van der Waals surface area contributed by atoms with Gasteiger partial charge in [0.1, 0.15) is 22.3 Å². The molecule has 5 rings (SSSR count). The molecule has 0 amide bonds. The number of nitrogens with one attached hydrogen (secondary N) is 1. The van der Waals surface area contributed by atoms with Gasteiger partial charge in [-0.3, -0.25) is 9.62 Å². The maximum absolute atomic E-state index is 15.1. The fraction of sp³-hybridized carbons (Fsp3) is 0.522.